The van der Waals surface area contributed by atoms with Crippen LogP contribution >= 0.6 is 12.2 Å². The summed E-state index contributed by atoms with van der Waals surface area (Å²) in [5, 5.41) is 5.20. The third-order valence-corrected chi connectivity index (χ3v) is 3.67. The predicted molar refractivity (Wildman–Crippen MR) is 70.2 cm³/mol. The van der Waals surface area contributed by atoms with Crippen molar-refractivity contribution < 1.29 is 9.59 Å². The summed E-state index contributed by atoms with van der Waals surface area (Å²) in [5.74, 6) is -0.615. The summed E-state index contributed by atoms with van der Waals surface area (Å²) in [6, 6.07) is 0. The average molecular weight is 254 g/mol. The molecule has 1 aliphatic rings. The van der Waals surface area contributed by atoms with Gasteiger partial charge in [0.15, 0.2) is 5.11 Å². The van der Waals surface area contributed by atoms with Gasteiger partial charge < -0.3 is 10.6 Å². The van der Waals surface area contributed by atoms with Crippen LogP contribution in [0.5, 0.6) is 0 Å². The molecule has 0 spiro atoms. The first-order valence-electron chi connectivity index (χ1n) is 5.76. The van der Waals surface area contributed by atoms with Gasteiger partial charge >= 0.3 is 0 Å². The van der Waals surface area contributed by atoms with Crippen LogP contribution in [0.4, 0.5) is 0 Å². The Labute approximate surface area is 107 Å². The SMILES string of the molecule is C=CCCC1([C@H](C)CC)C(=O)NC(=S)NC1=O. The molecule has 2 N–H and O–H groups in total. The van der Waals surface area contributed by atoms with Crippen LogP contribution in [0, 0.1) is 11.3 Å². The van der Waals surface area contributed by atoms with Gasteiger partial charge in [-0.05, 0) is 31.0 Å². The largest absolute Gasteiger partial charge is 0.302 e. The van der Waals surface area contributed by atoms with Crippen molar-refractivity contribution in [2.24, 2.45) is 11.3 Å². The average Bonchev–Trinajstić information content (AvgIpc) is 2.27. The minimum atomic E-state index is -1.02. The molecule has 0 aromatic heterocycles. The Morgan fingerprint density at radius 2 is 1.94 bits per heavy atom. The number of allylic oxidation sites excluding steroid dienone is 1. The van der Waals surface area contributed by atoms with Crippen LogP contribution in [0.3, 0.4) is 0 Å². The second-order valence-corrected chi connectivity index (χ2v) is 4.75. The Morgan fingerprint density at radius 3 is 2.35 bits per heavy atom. The summed E-state index contributed by atoms with van der Waals surface area (Å²) in [6.45, 7) is 7.52. The minimum absolute atomic E-state index is 0.0365. The standard InChI is InChI=1S/C12H18N2O2S/c1-4-6-7-12(8(3)5-2)9(15)13-11(17)14-10(12)16/h4,8H,1,5-7H2,2-3H3,(H2,13,14,15,16,17)/t8-/m1/s1. The van der Waals surface area contributed by atoms with E-state index >= 15 is 0 Å². The molecule has 1 saturated heterocycles. The van der Waals surface area contributed by atoms with Gasteiger partial charge in [-0.25, -0.2) is 0 Å². The van der Waals surface area contributed by atoms with E-state index in [4.69, 9.17) is 12.2 Å². The number of amides is 2. The van der Waals surface area contributed by atoms with Gasteiger partial charge in [-0.1, -0.05) is 26.3 Å². The van der Waals surface area contributed by atoms with Crippen molar-refractivity contribution in [3.63, 3.8) is 0 Å². The number of thiocarbonyl (C=S) groups is 1. The van der Waals surface area contributed by atoms with E-state index < -0.39 is 5.41 Å². The van der Waals surface area contributed by atoms with Crippen LogP contribution in [0.15, 0.2) is 12.7 Å². The first kappa shape index (κ1) is 13.8. The molecule has 0 aliphatic carbocycles. The van der Waals surface area contributed by atoms with Gasteiger partial charge in [-0.2, -0.15) is 0 Å². The Hall–Kier alpha value is -1.23. The first-order chi connectivity index (χ1) is 7.98. The number of carbonyl (C=O) groups excluding carboxylic acids is 2. The van der Waals surface area contributed by atoms with Gasteiger partial charge in [0, 0.05) is 0 Å². The van der Waals surface area contributed by atoms with E-state index in [0.29, 0.717) is 12.8 Å². The Balaban J connectivity index is 3.10. The van der Waals surface area contributed by atoms with Crippen molar-refractivity contribution in [1.29, 1.82) is 0 Å². The first-order valence-corrected chi connectivity index (χ1v) is 6.17. The van der Waals surface area contributed by atoms with E-state index in [1.807, 2.05) is 13.8 Å². The lowest BCUT2D eigenvalue weighted by molar-refractivity contribution is -0.148. The lowest BCUT2D eigenvalue weighted by atomic mass is 9.69. The maximum absolute atomic E-state index is 12.1. The lowest BCUT2D eigenvalue weighted by Gasteiger charge is -2.39. The van der Waals surface area contributed by atoms with Crippen molar-refractivity contribution in [1.82, 2.24) is 10.6 Å². The van der Waals surface area contributed by atoms with E-state index in [2.05, 4.69) is 17.2 Å². The Kier molecular flexibility index (Phi) is 4.40. The van der Waals surface area contributed by atoms with Crippen molar-refractivity contribution in [2.45, 2.75) is 33.1 Å². The zero-order chi connectivity index (χ0) is 13.1. The molecule has 4 nitrogen and oxygen atoms in total. The maximum atomic E-state index is 12.1. The molecule has 94 valence electrons. The van der Waals surface area contributed by atoms with E-state index in [1.165, 1.54) is 0 Å². The van der Waals surface area contributed by atoms with Gasteiger partial charge in [-0.15, -0.1) is 6.58 Å². The summed E-state index contributed by atoms with van der Waals surface area (Å²) < 4.78 is 0. The smallest absolute Gasteiger partial charge is 0.242 e. The van der Waals surface area contributed by atoms with Crippen molar-refractivity contribution >= 4 is 29.1 Å². The number of nitrogens with one attached hydrogen (secondary N) is 2. The molecule has 1 atom stereocenters. The van der Waals surface area contributed by atoms with Crippen LogP contribution in [0.1, 0.15) is 33.1 Å². The normalized spacial score (nSPS) is 20.5. The molecular weight excluding hydrogens is 236 g/mol. The van der Waals surface area contributed by atoms with E-state index in [1.54, 1.807) is 6.08 Å². The van der Waals surface area contributed by atoms with Crippen molar-refractivity contribution in [2.75, 3.05) is 0 Å². The van der Waals surface area contributed by atoms with Crippen LogP contribution in [-0.2, 0) is 9.59 Å². The molecule has 0 unspecified atom stereocenters. The highest BCUT2D eigenvalue weighted by Crippen LogP contribution is 2.37. The fourth-order valence-electron chi connectivity index (χ4n) is 2.16. The number of hydrogen-bond acceptors (Lipinski definition) is 3. The number of carbonyl (C=O) groups is 2. The number of hydrogen-bond donors (Lipinski definition) is 2. The van der Waals surface area contributed by atoms with Crippen molar-refractivity contribution in [3.05, 3.63) is 12.7 Å². The summed E-state index contributed by atoms with van der Waals surface area (Å²) in [6.07, 6.45) is 3.56. The van der Waals surface area contributed by atoms with E-state index in [-0.39, 0.29) is 22.8 Å². The molecular formula is C12H18N2O2S. The van der Waals surface area contributed by atoms with Gasteiger partial charge in [-0.3, -0.25) is 9.59 Å². The topological polar surface area (TPSA) is 58.2 Å². The Bertz CT molecular complexity index is 346. The van der Waals surface area contributed by atoms with Gasteiger partial charge in [0.05, 0.1) is 0 Å². The van der Waals surface area contributed by atoms with E-state index in [9.17, 15) is 9.59 Å². The van der Waals surface area contributed by atoms with Crippen LogP contribution in [-0.4, -0.2) is 16.9 Å². The molecule has 0 radical (unpaired) electrons. The monoisotopic (exact) mass is 254 g/mol. The highest BCUT2D eigenvalue weighted by atomic mass is 32.1. The minimum Gasteiger partial charge on any atom is -0.302 e. The molecule has 2 amide bonds. The summed E-state index contributed by atoms with van der Waals surface area (Å²) >= 11 is 4.81. The molecule has 17 heavy (non-hydrogen) atoms. The van der Waals surface area contributed by atoms with Crippen LogP contribution in [0.2, 0.25) is 0 Å². The molecule has 0 aromatic carbocycles. The summed E-state index contributed by atoms with van der Waals surface area (Å²) in [7, 11) is 0. The predicted octanol–water partition coefficient (Wildman–Crippen LogP) is 1.52. The van der Waals surface area contributed by atoms with Crippen LogP contribution in [0.25, 0.3) is 0 Å². The molecule has 0 aromatic rings. The lowest BCUT2D eigenvalue weighted by Crippen LogP contribution is -2.64. The summed E-state index contributed by atoms with van der Waals surface area (Å²) in [4.78, 5) is 24.3. The molecule has 0 bridgehead atoms. The zero-order valence-electron chi connectivity index (χ0n) is 10.2. The highest BCUT2D eigenvalue weighted by molar-refractivity contribution is 7.80. The number of rotatable bonds is 5. The molecule has 5 heteroatoms. The fraction of sp³-hybridized carbons (Fsp3) is 0.583. The van der Waals surface area contributed by atoms with Gasteiger partial charge in [0.2, 0.25) is 11.8 Å². The second-order valence-electron chi connectivity index (χ2n) is 4.35. The highest BCUT2D eigenvalue weighted by Gasteiger charge is 2.51. The Morgan fingerprint density at radius 1 is 1.41 bits per heavy atom. The molecule has 1 heterocycles. The van der Waals surface area contributed by atoms with E-state index in [0.717, 1.165) is 6.42 Å². The van der Waals surface area contributed by atoms with Gasteiger partial charge in [0.1, 0.15) is 5.41 Å². The third-order valence-electron chi connectivity index (χ3n) is 3.46. The molecule has 0 saturated carbocycles. The van der Waals surface area contributed by atoms with Crippen molar-refractivity contribution in [3.8, 4) is 0 Å². The molecule has 1 fully saturated rings. The molecule has 1 aliphatic heterocycles. The quantitative estimate of drug-likeness (QED) is 0.444. The third kappa shape index (κ3) is 2.39. The second kappa shape index (κ2) is 5.40. The molecule has 1 rings (SSSR count). The summed E-state index contributed by atoms with van der Waals surface area (Å²) in [5.41, 5.74) is -1.02. The zero-order valence-corrected chi connectivity index (χ0v) is 11.0. The fourth-order valence-corrected chi connectivity index (χ4v) is 2.35. The van der Waals surface area contributed by atoms with Crippen LogP contribution < -0.4 is 10.6 Å². The van der Waals surface area contributed by atoms with Gasteiger partial charge in [0.25, 0.3) is 0 Å². The maximum Gasteiger partial charge on any atom is 0.242 e.